The van der Waals surface area contributed by atoms with Crippen LogP contribution in [0.25, 0.3) is 21.9 Å². The van der Waals surface area contributed by atoms with Gasteiger partial charge in [0.05, 0.1) is 23.4 Å². The summed E-state index contributed by atoms with van der Waals surface area (Å²) in [5, 5.41) is 1.12. The Morgan fingerprint density at radius 3 is 2.00 bits per heavy atom. The number of para-hydroxylation sites is 1. The van der Waals surface area contributed by atoms with Crippen LogP contribution in [0.5, 0.6) is 5.75 Å². The van der Waals surface area contributed by atoms with Crippen molar-refractivity contribution >= 4 is 33.3 Å². The van der Waals surface area contributed by atoms with Crippen LogP contribution in [0.2, 0.25) is 0 Å². The van der Waals surface area contributed by atoms with Crippen molar-refractivity contribution < 1.29 is 9.15 Å². The van der Waals surface area contributed by atoms with Crippen LogP contribution in [0.4, 0.5) is 11.4 Å². The Bertz CT molecular complexity index is 1020. The molecule has 5 heteroatoms. The maximum Gasteiger partial charge on any atom is 0.204 e. The fraction of sp³-hybridized carbons (Fsp3) is 0.435. The van der Waals surface area contributed by atoms with Crippen LogP contribution in [0, 0.1) is 0 Å². The summed E-state index contributed by atoms with van der Waals surface area (Å²) in [6.45, 7) is 14.2. The minimum absolute atomic E-state index is 0.0392. The third kappa shape index (κ3) is 3.30. The summed E-state index contributed by atoms with van der Waals surface area (Å²) >= 11 is 0. The normalized spacial score (nSPS) is 11.2. The van der Waals surface area contributed by atoms with E-state index in [-0.39, 0.29) is 5.43 Å². The van der Waals surface area contributed by atoms with E-state index in [0.717, 1.165) is 37.6 Å². The number of hydrogen-bond donors (Lipinski definition) is 0. The Morgan fingerprint density at radius 1 is 0.821 bits per heavy atom. The molecule has 0 saturated heterocycles. The van der Waals surface area contributed by atoms with E-state index in [1.165, 1.54) is 0 Å². The second-order valence-corrected chi connectivity index (χ2v) is 6.65. The van der Waals surface area contributed by atoms with Gasteiger partial charge in [-0.3, -0.25) is 4.79 Å². The van der Waals surface area contributed by atoms with E-state index in [1.54, 1.807) is 0 Å². The molecule has 1 aromatic heterocycles. The first-order chi connectivity index (χ1) is 13.6. The first kappa shape index (κ1) is 20.1. The zero-order valence-electron chi connectivity index (χ0n) is 17.5. The molecule has 0 saturated carbocycles. The molecule has 5 nitrogen and oxygen atoms in total. The predicted molar refractivity (Wildman–Crippen MR) is 118 cm³/mol. The van der Waals surface area contributed by atoms with E-state index in [2.05, 4.69) is 37.5 Å². The van der Waals surface area contributed by atoms with E-state index in [1.807, 2.05) is 37.3 Å². The van der Waals surface area contributed by atoms with Crippen LogP contribution in [0.15, 0.2) is 39.5 Å². The van der Waals surface area contributed by atoms with Crippen LogP contribution >= 0.6 is 0 Å². The van der Waals surface area contributed by atoms with Crippen molar-refractivity contribution in [1.29, 1.82) is 0 Å². The van der Waals surface area contributed by atoms with Gasteiger partial charge in [-0.25, -0.2) is 0 Å². The minimum atomic E-state index is -0.0392. The molecule has 0 aliphatic rings. The lowest BCUT2D eigenvalue weighted by molar-refractivity contribution is 0.344. The Kier molecular flexibility index (Phi) is 6.12. The number of fused-ring (bicyclic) bond motifs is 2. The highest BCUT2D eigenvalue weighted by molar-refractivity contribution is 6.02. The number of anilines is 2. The van der Waals surface area contributed by atoms with Crippen LogP contribution in [-0.4, -0.2) is 32.8 Å². The number of benzene rings is 2. The molecule has 0 fully saturated rings. The standard InChI is InChI=1S/C23H30N2O3/c1-6-24(7-2)17-13-11-12-16-21(26)20-19(27-10-5)15-14-18(25(8-3)9-4)23(20)28-22(16)17/h11-15H,6-10H2,1-5H3. The molecule has 0 aliphatic heterocycles. The number of nitrogens with zero attached hydrogens (tertiary/aromatic N) is 2. The molecule has 0 radical (unpaired) electrons. The molecule has 3 rings (SSSR count). The largest absolute Gasteiger partial charge is 0.493 e. The minimum Gasteiger partial charge on any atom is -0.493 e. The first-order valence-electron chi connectivity index (χ1n) is 10.3. The topological polar surface area (TPSA) is 45.9 Å². The van der Waals surface area contributed by atoms with Gasteiger partial charge in [-0.15, -0.1) is 0 Å². The summed E-state index contributed by atoms with van der Waals surface area (Å²) in [5.74, 6) is 0.581. The van der Waals surface area contributed by atoms with Gasteiger partial charge in [0, 0.05) is 26.2 Å². The third-order valence-electron chi connectivity index (χ3n) is 5.28. The summed E-state index contributed by atoms with van der Waals surface area (Å²) in [6, 6.07) is 9.67. The number of rotatable bonds is 8. The highest BCUT2D eigenvalue weighted by Crippen LogP contribution is 2.36. The molecule has 3 aromatic rings. The van der Waals surface area contributed by atoms with Gasteiger partial charge in [0.25, 0.3) is 0 Å². The fourth-order valence-electron chi connectivity index (χ4n) is 3.82. The van der Waals surface area contributed by atoms with Crippen molar-refractivity contribution in [3.05, 3.63) is 40.6 Å². The SMILES string of the molecule is CCOc1ccc(N(CC)CC)c2oc3c(N(CC)CC)cccc3c(=O)c12. The zero-order chi connectivity index (χ0) is 20.3. The second-order valence-electron chi connectivity index (χ2n) is 6.65. The summed E-state index contributed by atoms with van der Waals surface area (Å²) in [4.78, 5) is 17.9. The van der Waals surface area contributed by atoms with Gasteiger partial charge in [0.1, 0.15) is 11.1 Å². The van der Waals surface area contributed by atoms with Crippen molar-refractivity contribution in [2.75, 3.05) is 42.6 Å². The lowest BCUT2D eigenvalue weighted by Crippen LogP contribution is -2.23. The smallest absolute Gasteiger partial charge is 0.204 e. The van der Waals surface area contributed by atoms with Crippen molar-refractivity contribution in [3.63, 3.8) is 0 Å². The zero-order valence-corrected chi connectivity index (χ0v) is 17.5. The van der Waals surface area contributed by atoms with Gasteiger partial charge >= 0.3 is 0 Å². The van der Waals surface area contributed by atoms with Gasteiger partial charge in [0.15, 0.2) is 11.2 Å². The molecular formula is C23H30N2O3. The molecule has 0 amide bonds. The summed E-state index contributed by atoms with van der Waals surface area (Å²) in [5.41, 5.74) is 3.09. The van der Waals surface area contributed by atoms with E-state index in [0.29, 0.717) is 34.3 Å². The van der Waals surface area contributed by atoms with Gasteiger partial charge in [0.2, 0.25) is 5.43 Å². The Morgan fingerprint density at radius 2 is 1.43 bits per heavy atom. The lowest BCUT2D eigenvalue weighted by atomic mass is 10.1. The lowest BCUT2D eigenvalue weighted by Gasteiger charge is -2.24. The second kappa shape index (κ2) is 8.55. The molecular weight excluding hydrogens is 352 g/mol. The van der Waals surface area contributed by atoms with Gasteiger partial charge in [-0.2, -0.15) is 0 Å². The summed E-state index contributed by atoms with van der Waals surface area (Å²) < 4.78 is 12.3. The monoisotopic (exact) mass is 382 g/mol. The van der Waals surface area contributed by atoms with Crippen molar-refractivity contribution in [3.8, 4) is 5.75 Å². The highest BCUT2D eigenvalue weighted by Gasteiger charge is 2.20. The van der Waals surface area contributed by atoms with E-state index in [9.17, 15) is 4.79 Å². The maximum atomic E-state index is 13.5. The maximum absolute atomic E-state index is 13.5. The average Bonchev–Trinajstić information content (AvgIpc) is 2.71. The summed E-state index contributed by atoms with van der Waals surface area (Å²) in [7, 11) is 0. The van der Waals surface area contributed by atoms with Gasteiger partial charge in [-0.05, 0) is 58.9 Å². The van der Waals surface area contributed by atoms with Crippen LogP contribution < -0.4 is 20.0 Å². The molecule has 0 N–H and O–H groups in total. The number of ether oxygens (including phenoxy) is 1. The van der Waals surface area contributed by atoms with Crippen LogP contribution in [0.1, 0.15) is 34.6 Å². The Hall–Kier alpha value is -2.69. The molecule has 2 aromatic carbocycles. The summed E-state index contributed by atoms with van der Waals surface area (Å²) in [6.07, 6.45) is 0. The van der Waals surface area contributed by atoms with E-state index < -0.39 is 0 Å². The Balaban J connectivity index is 2.46. The molecule has 28 heavy (non-hydrogen) atoms. The molecule has 0 aliphatic carbocycles. The quantitative estimate of drug-likeness (QED) is 0.511. The first-order valence-corrected chi connectivity index (χ1v) is 10.3. The molecule has 1 heterocycles. The molecule has 0 atom stereocenters. The average molecular weight is 383 g/mol. The highest BCUT2D eigenvalue weighted by atomic mass is 16.5. The molecule has 0 unspecified atom stereocenters. The fourth-order valence-corrected chi connectivity index (χ4v) is 3.82. The molecule has 0 spiro atoms. The van der Waals surface area contributed by atoms with Crippen molar-refractivity contribution in [2.45, 2.75) is 34.6 Å². The van der Waals surface area contributed by atoms with E-state index in [4.69, 9.17) is 9.15 Å². The molecule has 0 bridgehead atoms. The van der Waals surface area contributed by atoms with Crippen LogP contribution in [0.3, 0.4) is 0 Å². The third-order valence-corrected chi connectivity index (χ3v) is 5.28. The predicted octanol–water partition coefficient (Wildman–Crippen LogP) is 5.04. The Labute approximate surface area is 166 Å². The van der Waals surface area contributed by atoms with Crippen molar-refractivity contribution in [1.82, 2.24) is 0 Å². The van der Waals surface area contributed by atoms with Gasteiger partial charge in [-0.1, -0.05) is 6.07 Å². The number of hydrogen-bond acceptors (Lipinski definition) is 5. The molecule has 150 valence electrons. The van der Waals surface area contributed by atoms with E-state index >= 15 is 0 Å². The van der Waals surface area contributed by atoms with Crippen molar-refractivity contribution in [2.24, 2.45) is 0 Å². The van der Waals surface area contributed by atoms with Crippen LogP contribution in [-0.2, 0) is 0 Å². The van der Waals surface area contributed by atoms with Gasteiger partial charge < -0.3 is 19.0 Å².